The third-order valence-corrected chi connectivity index (χ3v) is 3.46. The standard InChI is InChI=1S/C20H16N2O2/c1-15-7-5-10-17(13-15)20(23)24-22-19(16-8-3-2-4-9-16)18-11-6-12-21-14-18/h2-14H,1H3/b22-19-. The molecule has 1 heterocycles. The number of benzene rings is 2. The topological polar surface area (TPSA) is 51.5 Å². The van der Waals surface area contributed by atoms with Crippen LogP contribution in [0.5, 0.6) is 0 Å². The summed E-state index contributed by atoms with van der Waals surface area (Å²) < 4.78 is 0. The van der Waals surface area contributed by atoms with Crippen molar-refractivity contribution in [1.29, 1.82) is 0 Å². The summed E-state index contributed by atoms with van der Waals surface area (Å²) in [6.45, 7) is 1.92. The zero-order valence-electron chi connectivity index (χ0n) is 13.2. The van der Waals surface area contributed by atoms with Crippen molar-refractivity contribution in [2.24, 2.45) is 5.16 Å². The van der Waals surface area contributed by atoms with Crippen molar-refractivity contribution in [3.63, 3.8) is 0 Å². The molecule has 3 aromatic rings. The Hall–Kier alpha value is -3.27. The van der Waals surface area contributed by atoms with E-state index in [4.69, 9.17) is 4.84 Å². The van der Waals surface area contributed by atoms with Crippen LogP contribution in [0.3, 0.4) is 0 Å². The number of hydrogen-bond donors (Lipinski definition) is 0. The molecule has 0 unspecified atom stereocenters. The van der Waals surface area contributed by atoms with Crippen molar-refractivity contribution < 1.29 is 9.63 Å². The van der Waals surface area contributed by atoms with E-state index in [1.165, 1.54) is 0 Å². The van der Waals surface area contributed by atoms with E-state index in [9.17, 15) is 4.79 Å². The Bertz CT molecular complexity index is 818. The van der Waals surface area contributed by atoms with Crippen molar-refractivity contribution in [3.05, 3.63) is 101 Å². The van der Waals surface area contributed by atoms with E-state index in [2.05, 4.69) is 10.1 Å². The maximum Gasteiger partial charge on any atom is 0.365 e. The zero-order chi connectivity index (χ0) is 16.8. The molecule has 0 radical (unpaired) electrons. The van der Waals surface area contributed by atoms with Gasteiger partial charge in [-0.1, -0.05) is 53.2 Å². The largest absolute Gasteiger partial charge is 0.365 e. The molecular weight excluding hydrogens is 300 g/mol. The fraction of sp³-hybridized carbons (Fsp3) is 0.0500. The number of carbonyl (C=O) groups is 1. The van der Waals surface area contributed by atoms with Crippen molar-refractivity contribution in [3.8, 4) is 0 Å². The highest BCUT2D eigenvalue weighted by molar-refractivity contribution is 6.12. The molecular formula is C20H16N2O2. The summed E-state index contributed by atoms with van der Waals surface area (Å²) in [5, 5.41) is 4.10. The van der Waals surface area contributed by atoms with Crippen LogP contribution in [-0.2, 0) is 4.84 Å². The van der Waals surface area contributed by atoms with Crippen LogP contribution in [0.2, 0.25) is 0 Å². The van der Waals surface area contributed by atoms with Gasteiger partial charge in [0.2, 0.25) is 0 Å². The molecule has 0 aliphatic carbocycles. The Balaban J connectivity index is 1.91. The molecule has 2 aromatic carbocycles. The second kappa shape index (κ2) is 7.33. The van der Waals surface area contributed by atoms with E-state index in [1.807, 2.05) is 61.5 Å². The lowest BCUT2D eigenvalue weighted by Crippen LogP contribution is -2.08. The first kappa shape index (κ1) is 15.6. The third-order valence-electron chi connectivity index (χ3n) is 3.46. The molecule has 4 heteroatoms. The quantitative estimate of drug-likeness (QED) is 0.415. The summed E-state index contributed by atoms with van der Waals surface area (Å²) in [5.74, 6) is -0.490. The molecule has 0 N–H and O–H groups in total. The monoisotopic (exact) mass is 316 g/mol. The van der Waals surface area contributed by atoms with Crippen LogP contribution >= 0.6 is 0 Å². The van der Waals surface area contributed by atoms with Crippen LogP contribution in [-0.4, -0.2) is 16.7 Å². The number of pyridine rings is 1. The van der Waals surface area contributed by atoms with Gasteiger partial charge in [-0.3, -0.25) is 4.98 Å². The van der Waals surface area contributed by atoms with Gasteiger partial charge in [-0.15, -0.1) is 0 Å². The van der Waals surface area contributed by atoms with Gasteiger partial charge >= 0.3 is 5.97 Å². The number of oxime groups is 1. The van der Waals surface area contributed by atoms with Crippen LogP contribution in [0.1, 0.15) is 27.0 Å². The predicted octanol–water partition coefficient (Wildman–Crippen LogP) is 4.00. The summed E-state index contributed by atoms with van der Waals surface area (Å²) >= 11 is 0. The molecule has 0 bridgehead atoms. The van der Waals surface area contributed by atoms with Gasteiger partial charge in [0.1, 0.15) is 5.71 Å². The van der Waals surface area contributed by atoms with Crippen molar-refractivity contribution in [2.75, 3.05) is 0 Å². The van der Waals surface area contributed by atoms with E-state index >= 15 is 0 Å². The fourth-order valence-corrected chi connectivity index (χ4v) is 2.28. The molecule has 0 aliphatic heterocycles. The third kappa shape index (κ3) is 3.73. The van der Waals surface area contributed by atoms with E-state index < -0.39 is 5.97 Å². The number of hydrogen-bond acceptors (Lipinski definition) is 4. The number of aryl methyl sites for hydroxylation is 1. The van der Waals surface area contributed by atoms with Crippen LogP contribution in [0.15, 0.2) is 84.3 Å². The van der Waals surface area contributed by atoms with E-state index in [-0.39, 0.29) is 0 Å². The van der Waals surface area contributed by atoms with Crippen molar-refractivity contribution in [1.82, 2.24) is 4.98 Å². The molecule has 118 valence electrons. The van der Waals surface area contributed by atoms with Crippen molar-refractivity contribution in [2.45, 2.75) is 6.92 Å². The number of carbonyl (C=O) groups excluding carboxylic acids is 1. The average Bonchev–Trinajstić information content (AvgIpc) is 2.63. The predicted molar refractivity (Wildman–Crippen MR) is 92.9 cm³/mol. The Kier molecular flexibility index (Phi) is 4.77. The van der Waals surface area contributed by atoms with Gasteiger partial charge < -0.3 is 4.84 Å². The summed E-state index contributed by atoms with van der Waals surface area (Å²) in [5.41, 5.74) is 3.65. The fourth-order valence-electron chi connectivity index (χ4n) is 2.28. The van der Waals surface area contributed by atoms with Gasteiger partial charge in [0, 0.05) is 23.5 Å². The smallest absolute Gasteiger partial charge is 0.312 e. The SMILES string of the molecule is Cc1cccc(C(=O)O/N=C(/c2ccccc2)c2cccnc2)c1. The van der Waals surface area contributed by atoms with Gasteiger partial charge in [0.15, 0.2) is 0 Å². The minimum absolute atomic E-state index is 0.470. The Labute approximate surface area is 140 Å². The van der Waals surface area contributed by atoms with Crippen LogP contribution in [0, 0.1) is 6.92 Å². The summed E-state index contributed by atoms with van der Waals surface area (Å²) in [4.78, 5) is 21.5. The summed E-state index contributed by atoms with van der Waals surface area (Å²) in [6.07, 6.45) is 3.37. The first-order chi connectivity index (χ1) is 11.7. The van der Waals surface area contributed by atoms with E-state index in [0.717, 1.165) is 16.7 Å². The minimum Gasteiger partial charge on any atom is -0.312 e. The molecule has 3 rings (SSSR count). The summed E-state index contributed by atoms with van der Waals surface area (Å²) in [6, 6.07) is 20.5. The van der Waals surface area contributed by atoms with Gasteiger partial charge in [-0.05, 0) is 31.2 Å². The van der Waals surface area contributed by atoms with Gasteiger partial charge in [-0.25, -0.2) is 4.79 Å². The highest BCUT2D eigenvalue weighted by Crippen LogP contribution is 2.12. The molecule has 1 aromatic heterocycles. The van der Waals surface area contributed by atoms with Crippen LogP contribution in [0.25, 0.3) is 0 Å². The first-order valence-corrected chi connectivity index (χ1v) is 7.56. The van der Waals surface area contributed by atoms with E-state index in [1.54, 1.807) is 24.5 Å². The number of nitrogens with zero attached hydrogens (tertiary/aromatic N) is 2. The highest BCUT2D eigenvalue weighted by atomic mass is 16.7. The lowest BCUT2D eigenvalue weighted by atomic mass is 10.0. The molecule has 0 atom stereocenters. The number of aromatic nitrogens is 1. The molecule has 0 saturated heterocycles. The molecule has 0 saturated carbocycles. The normalized spacial score (nSPS) is 11.1. The lowest BCUT2D eigenvalue weighted by molar-refractivity contribution is 0.0517. The minimum atomic E-state index is -0.490. The van der Waals surface area contributed by atoms with E-state index in [0.29, 0.717) is 11.3 Å². The van der Waals surface area contributed by atoms with Crippen LogP contribution in [0.4, 0.5) is 0 Å². The molecule has 4 nitrogen and oxygen atoms in total. The molecule has 0 fully saturated rings. The second-order valence-corrected chi connectivity index (χ2v) is 5.30. The first-order valence-electron chi connectivity index (χ1n) is 7.56. The van der Waals surface area contributed by atoms with Gasteiger partial charge in [-0.2, -0.15) is 0 Å². The molecule has 24 heavy (non-hydrogen) atoms. The van der Waals surface area contributed by atoms with Gasteiger partial charge in [0.05, 0.1) is 5.56 Å². The lowest BCUT2D eigenvalue weighted by Gasteiger charge is -2.06. The Morgan fingerprint density at radius 1 is 0.917 bits per heavy atom. The Morgan fingerprint density at radius 3 is 2.38 bits per heavy atom. The second-order valence-electron chi connectivity index (χ2n) is 5.30. The molecule has 0 aliphatic rings. The molecule has 0 amide bonds. The maximum atomic E-state index is 12.2. The highest BCUT2D eigenvalue weighted by Gasteiger charge is 2.11. The maximum absolute atomic E-state index is 12.2. The molecule has 0 spiro atoms. The number of rotatable bonds is 4. The summed E-state index contributed by atoms with van der Waals surface area (Å²) in [7, 11) is 0. The van der Waals surface area contributed by atoms with Crippen molar-refractivity contribution >= 4 is 11.7 Å². The average molecular weight is 316 g/mol. The van der Waals surface area contributed by atoms with Gasteiger partial charge in [0.25, 0.3) is 0 Å². The zero-order valence-corrected chi connectivity index (χ0v) is 13.2. The Morgan fingerprint density at radius 2 is 1.67 bits per heavy atom. The van der Waals surface area contributed by atoms with Crippen LogP contribution < -0.4 is 0 Å².